The van der Waals surface area contributed by atoms with Gasteiger partial charge in [0, 0.05) is 48.5 Å². The van der Waals surface area contributed by atoms with Crippen LogP contribution in [0.1, 0.15) is 135 Å². The minimum Gasteiger partial charge on any atom is -0.444 e. The molecule has 4 aromatic rings. The first kappa shape index (κ1) is 50.1. The highest BCUT2D eigenvalue weighted by molar-refractivity contribution is 6.39. The van der Waals surface area contributed by atoms with E-state index < -0.39 is 18.1 Å². The molecule has 366 valence electrons. The van der Waals surface area contributed by atoms with Crippen LogP contribution < -0.4 is 5.32 Å². The lowest BCUT2D eigenvalue weighted by molar-refractivity contribution is -0.156. The molecule has 16 heteroatoms. The summed E-state index contributed by atoms with van der Waals surface area (Å²) in [5, 5.41) is 14.9. The minimum absolute atomic E-state index is 0.173. The summed E-state index contributed by atoms with van der Waals surface area (Å²) in [7, 11) is 0. The first-order chi connectivity index (χ1) is 32.4. The van der Waals surface area contributed by atoms with Crippen LogP contribution in [0.3, 0.4) is 0 Å². The van der Waals surface area contributed by atoms with Crippen molar-refractivity contribution in [2.45, 2.75) is 135 Å². The van der Waals surface area contributed by atoms with E-state index in [1.165, 1.54) is 56.3 Å². The van der Waals surface area contributed by atoms with Gasteiger partial charge in [-0.15, -0.1) is 0 Å². The number of rotatable bonds is 10. The number of hydrogen-bond acceptors (Lipinski definition) is 8. The maximum atomic E-state index is 12.5. The van der Waals surface area contributed by atoms with Gasteiger partial charge in [-0.25, -0.2) is 4.79 Å². The molecule has 67 heavy (non-hydrogen) atoms. The fourth-order valence-electron chi connectivity index (χ4n) is 10.7. The zero-order chi connectivity index (χ0) is 48.9. The zero-order valence-electron chi connectivity index (χ0n) is 39.7. The molecule has 1 amide bonds. The summed E-state index contributed by atoms with van der Waals surface area (Å²) in [6.45, 7) is 12.1. The lowest BCUT2D eigenvalue weighted by Gasteiger charge is -2.25. The lowest BCUT2D eigenvalue weighted by Crippen LogP contribution is -2.36. The lowest BCUT2D eigenvalue weighted by atomic mass is 9.93. The molecule has 2 aliphatic heterocycles. The molecule has 2 unspecified atom stereocenters. The molecule has 4 heterocycles. The number of ether oxygens (including phenoxy) is 1. The molecule has 2 aromatic heterocycles. The van der Waals surface area contributed by atoms with Crippen LogP contribution in [0, 0.1) is 35.5 Å². The van der Waals surface area contributed by atoms with Crippen molar-refractivity contribution in [3.8, 4) is 22.5 Å². The van der Waals surface area contributed by atoms with Crippen LogP contribution in [0.2, 0.25) is 20.1 Å². The summed E-state index contributed by atoms with van der Waals surface area (Å²) in [5.41, 5.74) is 5.26. The van der Waals surface area contributed by atoms with E-state index in [0.29, 0.717) is 56.6 Å². The van der Waals surface area contributed by atoms with Crippen molar-refractivity contribution in [2.75, 3.05) is 26.2 Å². The first-order valence-electron chi connectivity index (χ1n) is 24.4. The van der Waals surface area contributed by atoms with Crippen molar-refractivity contribution >= 4 is 58.8 Å². The van der Waals surface area contributed by atoms with Crippen LogP contribution in [0.5, 0.6) is 0 Å². The molecule has 6 fully saturated rings. The molecule has 0 bridgehead atoms. The maximum absolute atomic E-state index is 12.5. The summed E-state index contributed by atoms with van der Waals surface area (Å²) in [4.78, 5) is 23.1. The predicted molar refractivity (Wildman–Crippen MR) is 258 cm³/mol. The summed E-state index contributed by atoms with van der Waals surface area (Å²) in [6.07, 6.45) is 8.15. The third kappa shape index (κ3) is 13.1. The zero-order valence-corrected chi connectivity index (χ0v) is 41.7. The Balaban J connectivity index is 0.000000174. The van der Waals surface area contributed by atoms with E-state index in [4.69, 9.17) is 66.4 Å². The summed E-state index contributed by atoms with van der Waals surface area (Å²) in [5.74, 6) is 7.53. The smallest absolute Gasteiger partial charge is 0.444 e. The van der Waals surface area contributed by atoms with Gasteiger partial charge in [-0.2, -0.15) is 13.2 Å². The Morgan fingerprint density at radius 3 is 1.48 bits per heavy atom. The highest BCUT2D eigenvalue weighted by atomic mass is 35.5. The number of aromatic nitrogens is 2. The van der Waals surface area contributed by atoms with Gasteiger partial charge in [-0.05, 0) is 171 Å². The van der Waals surface area contributed by atoms with Crippen LogP contribution in [0.4, 0.5) is 18.0 Å². The van der Waals surface area contributed by atoms with Crippen LogP contribution in [-0.4, -0.2) is 65.5 Å². The average Bonchev–Trinajstić information content (AvgIpc) is 3.91. The normalized spacial score (nSPS) is 24.3. The molecule has 0 spiro atoms. The average molecular weight is 1010 g/mol. The van der Waals surface area contributed by atoms with Crippen molar-refractivity contribution in [3.63, 3.8) is 0 Å². The van der Waals surface area contributed by atoms with Gasteiger partial charge in [0.2, 0.25) is 6.29 Å². The molecule has 0 radical (unpaired) electrons. The van der Waals surface area contributed by atoms with E-state index in [0.717, 1.165) is 110 Å². The quantitative estimate of drug-likeness (QED) is 0.156. The summed E-state index contributed by atoms with van der Waals surface area (Å²) < 4.78 is 54.7. The number of nitrogens with one attached hydrogen (secondary N) is 1. The number of carbonyl (C=O) groups is 2. The number of aldehydes is 1. The number of amides is 1. The number of benzene rings is 2. The summed E-state index contributed by atoms with van der Waals surface area (Å²) >= 11 is 25.9. The SMILES string of the molecule is CC(C)(C)OC(=O)N1C[C@H]2CC(CCc3c(-c4c(Cl)cccc4Cl)noc3C3CC3)C[C@H]2C1.Clc1cccc(Cl)c1-c1noc(C2CC2)c1CCC1C[C@H]2CNC[C@H]2C1.O=CC(F)(F)F.[2H]CC. The molecule has 2 saturated heterocycles. The second-order valence-electron chi connectivity index (χ2n) is 20.0. The molecule has 9 nitrogen and oxygen atoms in total. The van der Waals surface area contributed by atoms with Gasteiger partial charge < -0.3 is 24.0 Å². The van der Waals surface area contributed by atoms with Crippen LogP contribution in [-0.2, 0) is 22.4 Å². The van der Waals surface area contributed by atoms with Gasteiger partial charge in [0.25, 0.3) is 0 Å². The molecular weight excluding hydrogens is 947 g/mol. The fraction of sp³-hybridized carbons (Fsp3) is 0.608. The molecule has 1 N–H and O–H groups in total. The van der Waals surface area contributed by atoms with Crippen LogP contribution in [0.25, 0.3) is 22.5 Å². The van der Waals surface area contributed by atoms with Gasteiger partial charge in [0.05, 0.1) is 20.1 Å². The van der Waals surface area contributed by atoms with Crippen molar-refractivity contribution in [2.24, 2.45) is 35.5 Å². The first-order valence-corrected chi connectivity index (χ1v) is 25.2. The number of alkyl halides is 3. The van der Waals surface area contributed by atoms with Crippen molar-refractivity contribution in [1.29, 1.82) is 0 Å². The van der Waals surface area contributed by atoms with Gasteiger partial charge in [0.1, 0.15) is 28.5 Å². The molecular formula is C51H63Cl4F3N4O5. The molecule has 4 saturated carbocycles. The van der Waals surface area contributed by atoms with E-state index in [1.807, 2.05) is 62.1 Å². The van der Waals surface area contributed by atoms with Gasteiger partial charge >= 0.3 is 12.3 Å². The van der Waals surface area contributed by atoms with Gasteiger partial charge in [-0.3, -0.25) is 4.79 Å². The van der Waals surface area contributed by atoms with Crippen molar-refractivity contribution < 1.29 is 37.9 Å². The molecule has 10 rings (SSSR count). The van der Waals surface area contributed by atoms with E-state index in [-0.39, 0.29) is 6.09 Å². The van der Waals surface area contributed by atoms with Gasteiger partial charge in [-0.1, -0.05) is 82.7 Å². The monoisotopic (exact) mass is 1010 g/mol. The Morgan fingerprint density at radius 1 is 0.761 bits per heavy atom. The van der Waals surface area contributed by atoms with E-state index in [1.54, 1.807) is 6.92 Å². The van der Waals surface area contributed by atoms with E-state index >= 15 is 0 Å². The second kappa shape index (κ2) is 22.2. The topological polar surface area (TPSA) is 111 Å². The standard InChI is InChI=1S/C26H32Cl2N2O3.C21H24Cl2N2O.C2HF3O.C2H6/c1-26(2,3)32-25(31)30-13-17-11-15(12-18(17)14-30)7-10-19-23(29-33-24(19)16-8-9-16)22-20(27)5-4-6-21(22)28;22-17-2-1-3-18(23)19(17)20-16(21(26-25-20)13-5-6-13)7-4-12-8-14-10-24-11-15(14)9-12;3-2(4,5)1-6;1-2/h4-6,15-18H,7-14H2,1-3H3;1-3,12-15,24H,4-11H2;1H;1-2H3/t15?,17-,18+;12?,14-,15+;;/i;;;1D. The number of likely N-dealkylation sites (tertiary alicyclic amines) is 1. The third-order valence-corrected chi connectivity index (χ3v) is 15.2. The Kier molecular flexibility index (Phi) is 16.6. The van der Waals surface area contributed by atoms with Crippen LogP contribution >= 0.6 is 46.4 Å². The summed E-state index contributed by atoms with van der Waals surface area (Å²) in [6, 6.07) is 11.2. The van der Waals surface area contributed by atoms with Gasteiger partial charge in [0.15, 0.2) is 0 Å². The second-order valence-corrected chi connectivity index (χ2v) is 21.6. The number of hydrogen-bond donors (Lipinski definition) is 1. The van der Waals surface area contributed by atoms with E-state index in [2.05, 4.69) is 15.6 Å². The highest BCUT2D eigenvalue weighted by Crippen LogP contribution is 2.50. The predicted octanol–water partition coefficient (Wildman–Crippen LogP) is 14.8. The largest absolute Gasteiger partial charge is 0.446 e. The van der Waals surface area contributed by atoms with Crippen molar-refractivity contribution in [1.82, 2.24) is 20.5 Å². The third-order valence-electron chi connectivity index (χ3n) is 13.9. The maximum Gasteiger partial charge on any atom is 0.446 e. The number of halogens is 7. The Labute approximate surface area is 413 Å². The molecule has 6 aliphatic rings. The number of fused-ring (bicyclic) bond motifs is 2. The number of nitrogens with zero attached hydrogens (tertiary/aromatic N) is 3. The molecule has 4 aliphatic carbocycles. The Morgan fingerprint density at radius 2 is 1.13 bits per heavy atom. The fourth-order valence-corrected chi connectivity index (χ4v) is 11.8. The van der Waals surface area contributed by atoms with Crippen molar-refractivity contribution in [3.05, 3.63) is 79.1 Å². The molecule has 6 atom stereocenters. The Hall–Kier alpha value is -3.29. The number of carbonyl (C=O) groups excluding carboxylic acids is 2. The molecule has 2 aromatic carbocycles. The minimum atomic E-state index is -4.64. The highest BCUT2D eigenvalue weighted by Gasteiger charge is 2.44. The van der Waals surface area contributed by atoms with E-state index in [9.17, 15) is 18.0 Å². The Bertz CT molecular complexity index is 2280. The van der Waals surface area contributed by atoms with Crippen LogP contribution in [0.15, 0.2) is 45.4 Å².